The number of aromatic nitrogens is 2. The number of nitrogens with zero attached hydrogens (tertiary/aromatic N) is 1. The van der Waals surface area contributed by atoms with Crippen LogP contribution in [0, 0.1) is 5.92 Å². The molecule has 0 radical (unpaired) electrons. The summed E-state index contributed by atoms with van der Waals surface area (Å²) in [7, 11) is 0. The summed E-state index contributed by atoms with van der Waals surface area (Å²) in [5.41, 5.74) is -0.495. The highest BCUT2D eigenvalue weighted by Gasteiger charge is 2.13. The van der Waals surface area contributed by atoms with E-state index in [2.05, 4.69) is 9.97 Å². The van der Waals surface area contributed by atoms with Gasteiger partial charge in [0.05, 0.1) is 12.0 Å². The molecule has 1 heterocycles. The number of aromatic amines is 1. The smallest absolute Gasteiger partial charge is 0.306 e. The summed E-state index contributed by atoms with van der Waals surface area (Å²) < 4.78 is 0. The first kappa shape index (κ1) is 10.2. The van der Waals surface area contributed by atoms with Crippen molar-refractivity contribution in [1.29, 1.82) is 0 Å². The Balaban J connectivity index is 2.87. The SMILES string of the molecule is CC(Cc1nc(O)cc(=O)[nH]1)C(=O)O. The lowest BCUT2D eigenvalue weighted by Crippen LogP contribution is -2.17. The quantitative estimate of drug-likeness (QED) is 0.620. The molecule has 6 heteroatoms. The number of nitrogens with one attached hydrogen (secondary N) is 1. The third-order valence-corrected chi connectivity index (χ3v) is 1.70. The Morgan fingerprint density at radius 3 is 2.86 bits per heavy atom. The molecule has 0 spiro atoms. The molecule has 0 bridgehead atoms. The van der Waals surface area contributed by atoms with Gasteiger partial charge in [0.25, 0.3) is 5.56 Å². The molecule has 3 N–H and O–H groups in total. The van der Waals surface area contributed by atoms with Gasteiger partial charge in [0.15, 0.2) is 0 Å². The fraction of sp³-hybridized carbons (Fsp3) is 0.375. The van der Waals surface area contributed by atoms with E-state index in [0.29, 0.717) is 0 Å². The highest BCUT2D eigenvalue weighted by molar-refractivity contribution is 5.69. The largest absolute Gasteiger partial charge is 0.493 e. The molecule has 14 heavy (non-hydrogen) atoms. The van der Waals surface area contributed by atoms with Crippen LogP contribution in [-0.4, -0.2) is 26.2 Å². The van der Waals surface area contributed by atoms with E-state index in [1.807, 2.05) is 0 Å². The number of aromatic hydroxyl groups is 1. The number of carbonyl (C=O) groups is 1. The van der Waals surface area contributed by atoms with Crippen molar-refractivity contribution in [2.24, 2.45) is 5.92 Å². The minimum atomic E-state index is -0.976. The molecule has 0 saturated carbocycles. The summed E-state index contributed by atoms with van der Waals surface area (Å²) in [5, 5.41) is 17.6. The van der Waals surface area contributed by atoms with Crippen LogP contribution < -0.4 is 5.56 Å². The topological polar surface area (TPSA) is 103 Å². The van der Waals surface area contributed by atoms with Crippen molar-refractivity contribution in [3.8, 4) is 5.88 Å². The van der Waals surface area contributed by atoms with Crippen molar-refractivity contribution in [3.63, 3.8) is 0 Å². The maximum Gasteiger partial charge on any atom is 0.306 e. The lowest BCUT2D eigenvalue weighted by atomic mass is 10.1. The second-order valence-electron chi connectivity index (χ2n) is 2.99. The molecule has 0 aliphatic heterocycles. The average Bonchev–Trinajstić information content (AvgIpc) is 2.01. The van der Waals surface area contributed by atoms with Crippen molar-refractivity contribution in [2.75, 3.05) is 0 Å². The molecule has 0 fully saturated rings. The van der Waals surface area contributed by atoms with Crippen molar-refractivity contribution in [2.45, 2.75) is 13.3 Å². The van der Waals surface area contributed by atoms with Gasteiger partial charge in [-0.15, -0.1) is 0 Å². The minimum absolute atomic E-state index is 0.0823. The number of carboxylic acids is 1. The molecule has 1 atom stereocenters. The van der Waals surface area contributed by atoms with E-state index in [-0.39, 0.29) is 12.2 Å². The van der Waals surface area contributed by atoms with E-state index in [4.69, 9.17) is 10.2 Å². The summed E-state index contributed by atoms with van der Waals surface area (Å²) in [6.45, 7) is 1.49. The molecule has 1 aromatic heterocycles. The fourth-order valence-corrected chi connectivity index (χ4v) is 0.968. The molecule has 0 aliphatic carbocycles. The van der Waals surface area contributed by atoms with Crippen molar-refractivity contribution >= 4 is 5.97 Å². The van der Waals surface area contributed by atoms with Gasteiger partial charge in [0.1, 0.15) is 5.82 Å². The summed E-state index contributed by atoms with van der Waals surface area (Å²) in [6.07, 6.45) is 0.0823. The van der Waals surface area contributed by atoms with Gasteiger partial charge in [-0.3, -0.25) is 9.59 Å². The summed E-state index contributed by atoms with van der Waals surface area (Å²) in [4.78, 5) is 27.3. The second-order valence-corrected chi connectivity index (χ2v) is 2.99. The van der Waals surface area contributed by atoms with Crippen molar-refractivity contribution < 1.29 is 15.0 Å². The van der Waals surface area contributed by atoms with Gasteiger partial charge in [-0.2, -0.15) is 0 Å². The van der Waals surface area contributed by atoms with E-state index in [1.165, 1.54) is 6.92 Å². The van der Waals surface area contributed by atoms with Crippen LogP contribution in [0.5, 0.6) is 5.88 Å². The molecular weight excluding hydrogens is 188 g/mol. The predicted molar refractivity (Wildman–Crippen MR) is 47.0 cm³/mol. The number of hydrogen-bond acceptors (Lipinski definition) is 4. The third kappa shape index (κ3) is 2.58. The monoisotopic (exact) mass is 198 g/mol. The van der Waals surface area contributed by atoms with Crippen LogP contribution in [0.4, 0.5) is 0 Å². The normalized spacial score (nSPS) is 12.4. The Morgan fingerprint density at radius 1 is 1.71 bits per heavy atom. The van der Waals surface area contributed by atoms with E-state index >= 15 is 0 Å². The van der Waals surface area contributed by atoms with Crippen LogP contribution in [0.3, 0.4) is 0 Å². The molecule has 0 amide bonds. The average molecular weight is 198 g/mol. The Morgan fingerprint density at radius 2 is 2.36 bits per heavy atom. The molecule has 0 aromatic carbocycles. The number of aliphatic carboxylic acids is 1. The highest BCUT2D eigenvalue weighted by Crippen LogP contribution is 2.05. The second kappa shape index (κ2) is 3.91. The zero-order valence-electron chi connectivity index (χ0n) is 7.52. The maximum atomic E-state index is 10.9. The molecule has 1 aromatic rings. The molecule has 6 nitrogen and oxygen atoms in total. The fourth-order valence-electron chi connectivity index (χ4n) is 0.968. The lowest BCUT2D eigenvalue weighted by molar-refractivity contribution is -0.141. The van der Waals surface area contributed by atoms with Crippen molar-refractivity contribution in [1.82, 2.24) is 9.97 Å². The molecule has 0 saturated heterocycles. The first-order valence-corrected chi connectivity index (χ1v) is 4.01. The van der Waals surface area contributed by atoms with Gasteiger partial charge < -0.3 is 15.2 Å². The van der Waals surface area contributed by atoms with E-state index in [9.17, 15) is 9.59 Å². The summed E-state index contributed by atoms with van der Waals surface area (Å²) in [6, 6.07) is 0.926. The number of H-pyrrole nitrogens is 1. The summed E-state index contributed by atoms with van der Waals surface area (Å²) in [5.74, 6) is -1.86. The van der Waals surface area contributed by atoms with Crippen LogP contribution in [0.1, 0.15) is 12.7 Å². The van der Waals surface area contributed by atoms with Crippen LogP contribution in [-0.2, 0) is 11.2 Å². The van der Waals surface area contributed by atoms with E-state index in [0.717, 1.165) is 6.07 Å². The minimum Gasteiger partial charge on any atom is -0.493 e. The Hall–Kier alpha value is -1.85. The van der Waals surface area contributed by atoms with Gasteiger partial charge in [0, 0.05) is 6.42 Å². The molecular formula is C8H10N2O4. The van der Waals surface area contributed by atoms with Gasteiger partial charge in [-0.05, 0) is 0 Å². The molecule has 76 valence electrons. The third-order valence-electron chi connectivity index (χ3n) is 1.70. The molecule has 1 rings (SSSR count). The Labute approximate surface area is 79.2 Å². The van der Waals surface area contributed by atoms with Crippen LogP contribution in [0.15, 0.2) is 10.9 Å². The summed E-state index contributed by atoms with van der Waals surface area (Å²) >= 11 is 0. The van der Waals surface area contributed by atoms with Gasteiger partial charge in [-0.25, -0.2) is 4.98 Å². The van der Waals surface area contributed by atoms with E-state index < -0.39 is 23.3 Å². The zero-order chi connectivity index (χ0) is 10.7. The van der Waals surface area contributed by atoms with E-state index in [1.54, 1.807) is 0 Å². The first-order valence-electron chi connectivity index (χ1n) is 4.01. The number of carboxylic acid groups (broad SMARTS) is 1. The Bertz CT molecular complexity index is 399. The molecule has 1 unspecified atom stereocenters. The zero-order valence-corrected chi connectivity index (χ0v) is 7.52. The predicted octanol–water partition coefficient (Wildman–Crippen LogP) is -0.261. The number of rotatable bonds is 3. The van der Waals surface area contributed by atoms with Crippen molar-refractivity contribution in [3.05, 3.63) is 22.2 Å². The first-order chi connectivity index (χ1) is 6.49. The van der Waals surface area contributed by atoms with Crippen LogP contribution in [0.25, 0.3) is 0 Å². The van der Waals surface area contributed by atoms with Gasteiger partial charge >= 0.3 is 5.97 Å². The maximum absolute atomic E-state index is 10.9. The van der Waals surface area contributed by atoms with Gasteiger partial charge in [0.2, 0.25) is 5.88 Å². The number of hydrogen-bond donors (Lipinski definition) is 3. The Kier molecular flexibility index (Phi) is 2.85. The highest BCUT2D eigenvalue weighted by atomic mass is 16.4. The lowest BCUT2D eigenvalue weighted by Gasteiger charge is -2.04. The standard InChI is InChI=1S/C8H10N2O4/c1-4(8(13)14)2-5-9-6(11)3-7(12)10-5/h3-4H,2H2,1H3,(H,13,14)(H2,9,10,11,12). The van der Waals surface area contributed by atoms with Crippen LogP contribution in [0.2, 0.25) is 0 Å². The van der Waals surface area contributed by atoms with Crippen LogP contribution >= 0.6 is 0 Å². The molecule has 0 aliphatic rings. The van der Waals surface area contributed by atoms with Gasteiger partial charge in [-0.1, -0.05) is 6.92 Å².